The van der Waals surface area contributed by atoms with Crippen molar-refractivity contribution in [2.45, 2.75) is 13.5 Å². The Kier molecular flexibility index (Phi) is 6.08. The molecule has 3 aromatic rings. The largest absolute Gasteiger partial charge is 0.496 e. The number of benzene rings is 2. The third-order valence-electron chi connectivity index (χ3n) is 4.17. The predicted octanol–water partition coefficient (Wildman–Crippen LogP) is 3.88. The average Bonchev–Trinajstić information content (AvgIpc) is 3.18. The van der Waals surface area contributed by atoms with Gasteiger partial charge in [0.05, 0.1) is 12.7 Å². The van der Waals surface area contributed by atoms with E-state index >= 15 is 0 Å². The number of ether oxygens (including phenoxy) is 1. The summed E-state index contributed by atoms with van der Waals surface area (Å²) in [6.45, 7) is 1.77. The minimum atomic E-state index is -0.359. The summed E-state index contributed by atoms with van der Waals surface area (Å²) in [7, 11) is 1.51. The van der Waals surface area contributed by atoms with E-state index in [1.165, 1.54) is 7.11 Å². The van der Waals surface area contributed by atoms with Gasteiger partial charge in [0.15, 0.2) is 5.11 Å². The second-order valence-corrected chi connectivity index (χ2v) is 6.47. The van der Waals surface area contributed by atoms with Crippen molar-refractivity contribution in [2.24, 2.45) is 0 Å². The molecule has 0 radical (unpaired) electrons. The first kappa shape index (κ1) is 19.6. The van der Waals surface area contributed by atoms with E-state index in [0.717, 1.165) is 16.8 Å². The van der Waals surface area contributed by atoms with Gasteiger partial charge in [-0.15, -0.1) is 0 Å². The first-order chi connectivity index (χ1) is 13.5. The second-order valence-electron chi connectivity index (χ2n) is 6.06. The average molecular weight is 396 g/mol. The Morgan fingerprint density at radius 2 is 1.96 bits per heavy atom. The van der Waals surface area contributed by atoms with E-state index in [0.29, 0.717) is 22.8 Å². The Balaban J connectivity index is 1.74. The summed E-state index contributed by atoms with van der Waals surface area (Å²) in [5.41, 5.74) is 2.91. The van der Waals surface area contributed by atoms with Crippen LogP contribution in [0.4, 0.5) is 5.69 Å². The van der Waals surface area contributed by atoms with Crippen molar-refractivity contribution in [3.63, 3.8) is 0 Å². The highest BCUT2D eigenvalue weighted by molar-refractivity contribution is 7.80. The van der Waals surface area contributed by atoms with Crippen molar-refractivity contribution in [2.75, 3.05) is 12.4 Å². The van der Waals surface area contributed by atoms with Gasteiger partial charge in [0, 0.05) is 11.3 Å². The van der Waals surface area contributed by atoms with Gasteiger partial charge in [0.1, 0.15) is 23.9 Å². The number of aryl methyl sites for hydroxylation is 1. The highest BCUT2D eigenvalue weighted by Crippen LogP contribution is 2.27. The highest BCUT2D eigenvalue weighted by atomic mass is 32.1. The van der Waals surface area contributed by atoms with Crippen LogP contribution in [0.1, 0.15) is 21.7 Å². The maximum Gasteiger partial charge on any atom is 0.261 e. The number of anilines is 1. The number of aliphatic hydroxyl groups is 1. The van der Waals surface area contributed by atoms with Gasteiger partial charge in [0.25, 0.3) is 5.91 Å². The fraction of sp³-hybridized carbons (Fsp3) is 0.143. The number of methoxy groups -OCH3 is 1. The second kappa shape index (κ2) is 8.69. The van der Waals surface area contributed by atoms with Crippen LogP contribution in [-0.4, -0.2) is 23.2 Å². The fourth-order valence-electron chi connectivity index (χ4n) is 2.68. The zero-order valence-corrected chi connectivity index (χ0v) is 16.3. The first-order valence-electron chi connectivity index (χ1n) is 8.57. The molecular weight excluding hydrogens is 376 g/mol. The van der Waals surface area contributed by atoms with Gasteiger partial charge in [-0.25, -0.2) is 0 Å². The van der Waals surface area contributed by atoms with Gasteiger partial charge in [-0.05, 0) is 55.0 Å². The standard InChI is InChI=1S/C21H20N2O4S/c1-13-7-8-14(18-10-9-15(12-24)27-18)11-17(13)22-21(28)23-20(25)16-5-3-4-6-19(16)26-2/h3-11,24H,12H2,1-2H3,(H2,22,23,25,28). The van der Waals surface area contributed by atoms with Crippen LogP contribution in [0.25, 0.3) is 11.3 Å². The van der Waals surface area contributed by atoms with Gasteiger partial charge in [0.2, 0.25) is 0 Å². The lowest BCUT2D eigenvalue weighted by Gasteiger charge is -2.14. The number of rotatable bonds is 5. The predicted molar refractivity (Wildman–Crippen MR) is 111 cm³/mol. The van der Waals surface area contributed by atoms with Crippen molar-refractivity contribution in [1.82, 2.24) is 5.32 Å². The number of aliphatic hydroxyl groups excluding tert-OH is 1. The van der Waals surface area contributed by atoms with Crippen LogP contribution in [0.15, 0.2) is 59.0 Å². The molecule has 0 aliphatic carbocycles. The lowest BCUT2D eigenvalue weighted by atomic mass is 10.1. The van der Waals surface area contributed by atoms with Crippen LogP contribution in [-0.2, 0) is 6.61 Å². The molecule has 144 valence electrons. The quantitative estimate of drug-likeness (QED) is 0.568. The summed E-state index contributed by atoms with van der Waals surface area (Å²) in [6.07, 6.45) is 0. The molecule has 3 N–H and O–H groups in total. The summed E-state index contributed by atoms with van der Waals surface area (Å²) in [5.74, 6) is 1.24. The topological polar surface area (TPSA) is 83.7 Å². The number of nitrogens with one attached hydrogen (secondary N) is 2. The molecule has 0 saturated carbocycles. The van der Waals surface area contributed by atoms with Crippen LogP contribution in [0.2, 0.25) is 0 Å². The normalized spacial score (nSPS) is 10.4. The maximum absolute atomic E-state index is 12.5. The highest BCUT2D eigenvalue weighted by Gasteiger charge is 2.14. The van der Waals surface area contributed by atoms with Gasteiger partial charge < -0.3 is 19.6 Å². The molecule has 0 aliphatic heterocycles. The fourth-order valence-corrected chi connectivity index (χ4v) is 2.89. The molecule has 0 aliphatic rings. The zero-order valence-electron chi connectivity index (χ0n) is 15.5. The van der Waals surface area contributed by atoms with E-state index in [2.05, 4.69) is 10.6 Å². The van der Waals surface area contributed by atoms with Crippen LogP contribution in [0, 0.1) is 6.92 Å². The molecule has 6 nitrogen and oxygen atoms in total. The third-order valence-corrected chi connectivity index (χ3v) is 4.37. The number of thiocarbonyl (C=S) groups is 1. The van der Waals surface area contributed by atoms with Crippen LogP contribution in [0.3, 0.4) is 0 Å². The lowest BCUT2D eigenvalue weighted by Crippen LogP contribution is -2.34. The molecule has 1 heterocycles. The Morgan fingerprint density at radius 1 is 1.18 bits per heavy atom. The molecule has 1 aromatic heterocycles. The van der Waals surface area contributed by atoms with Crippen molar-refractivity contribution in [3.8, 4) is 17.1 Å². The molecule has 3 rings (SSSR count). The Bertz CT molecular complexity index is 1010. The maximum atomic E-state index is 12.5. The SMILES string of the molecule is COc1ccccc1C(=O)NC(=S)Nc1cc(-c2ccc(CO)o2)ccc1C. The van der Waals surface area contributed by atoms with E-state index in [1.54, 1.807) is 36.4 Å². The Morgan fingerprint density at radius 3 is 2.68 bits per heavy atom. The Labute approximate surface area is 168 Å². The smallest absolute Gasteiger partial charge is 0.261 e. The van der Waals surface area contributed by atoms with E-state index in [9.17, 15) is 4.79 Å². The molecule has 0 saturated heterocycles. The number of amides is 1. The minimum Gasteiger partial charge on any atom is -0.496 e. The molecule has 7 heteroatoms. The summed E-state index contributed by atoms with van der Waals surface area (Å²) >= 11 is 5.29. The number of hydrogen-bond donors (Lipinski definition) is 3. The molecule has 28 heavy (non-hydrogen) atoms. The van der Waals surface area contributed by atoms with E-state index in [1.807, 2.05) is 25.1 Å². The number of hydrogen-bond acceptors (Lipinski definition) is 5. The number of carbonyl (C=O) groups is 1. The molecule has 0 bridgehead atoms. The van der Waals surface area contributed by atoms with Gasteiger partial charge in [-0.2, -0.15) is 0 Å². The molecule has 0 unspecified atom stereocenters. The van der Waals surface area contributed by atoms with E-state index in [4.69, 9.17) is 26.5 Å². The minimum absolute atomic E-state index is 0.157. The summed E-state index contributed by atoms with van der Waals surface area (Å²) in [6, 6.07) is 16.1. The number of para-hydroxylation sites is 1. The van der Waals surface area contributed by atoms with Gasteiger partial charge >= 0.3 is 0 Å². The number of carbonyl (C=O) groups excluding carboxylic acids is 1. The van der Waals surface area contributed by atoms with Crippen LogP contribution in [0.5, 0.6) is 5.75 Å². The van der Waals surface area contributed by atoms with Crippen LogP contribution >= 0.6 is 12.2 Å². The zero-order chi connectivity index (χ0) is 20.1. The van der Waals surface area contributed by atoms with Crippen molar-refractivity contribution < 1.29 is 19.1 Å². The van der Waals surface area contributed by atoms with Gasteiger partial charge in [-0.1, -0.05) is 24.3 Å². The lowest BCUT2D eigenvalue weighted by molar-refractivity contribution is 0.0975. The first-order valence-corrected chi connectivity index (χ1v) is 8.98. The van der Waals surface area contributed by atoms with Crippen LogP contribution < -0.4 is 15.4 Å². The summed E-state index contributed by atoms with van der Waals surface area (Å²) < 4.78 is 10.8. The molecule has 0 spiro atoms. The molecule has 2 aromatic carbocycles. The third kappa shape index (κ3) is 4.39. The molecular formula is C21H20N2O4S. The molecule has 1 amide bonds. The monoisotopic (exact) mass is 396 g/mol. The Hall–Kier alpha value is -3.16. The van der Waals surface area contributed by atoms with Crippen molar-refractivity contribution in [3.05, 3.63) is 71.5 Å². The summed E-state index contributed by atoms with van der Waals surface area (Å²) in [4.78, 5) is 12.5. The van der Waals surface area contributed by atoms with E-state index in [-0.39, 0.29) is 17.6 Å². The van der Waals surface area contributed by atoms with E-state index < -0.39 is 0 Å². The molecule has 0 atom stereocenters. The molecule has 0 fully saturated rings. The van der Waals surface area contributed by atoms with Crippen molar-refractivity contribution in [1.29, 1.82) is 0 Å². The van der Waals surface area contributed by atoms with Crippen molar-refractivity contribution >= 4 is 28.9 Å². The van der Waals surface area contributed by atoms with Gasteiger partial charge in [-0.3, -0.25) is 10.1 Å². The number of furan rings is 1. The summed E-state index contributed by atoms with van der Waals surface area (Å²) in [5, 5.41) is 15.0.